The van der Waals surface area contributed by atoms with Crippen LogP contribution in [0.3, 0.4) is 0 Å². The van der Waals surface area contributed by atoms with Gasteiger partial charge in [0.25, 0.3) is 0 Å². The van der Waals surface area contributed by atoms with Crippen molar-refractivity contribution < 1.29 is 9.90 Å². The molecule has 0 aromatic heterocycles. The highest BCUT2D eigenvalue weighted by atomic mass is 16.3. The van der Waals surface area contributed by atoms with Gasteiger partial charge in [-0.2, -0.15) is 0 Å². The second-order valence-electron chi connectivity index (χ2n) is 5.09. The highest BCUT2D eigenvalue weighted by molar-refractivity contribution is 5.81. The Morgan fingerprint density at radius 2 is 1.89 bits per heavy atom. The fourth-order valence-electron chi connectivity index (χ4n) is 1.89. The summed E-state index contributed by atoms with van der Waals surface area (Å²) in [5, 5.41) is 9.18. The first-order valence-corrected chi connectivity index (χ1v) is 6.18. The van der Waals surface area contributed by atoms with Crippen LogP contribution >= 0.6 is 0 Å². The molecule has 1 amide bonds. The van der Waals surface area contributed by atoms with Crippen molar-refractivity contribution in [1.29, 1.82) is 0 Å². The number of rotatable bonds is 5. The van der Waals surface area contributed by atoms with E-state index in [1.807, 2.05) is 0 Å². The molecule has 0 bridgehead atoms. The van der Waals surface area contributed by atoms with Crippen molar-refractivity contribution in [2.24, 2.45) is 11.7 Å². The lowest BCUT2D eigenvalue weighted by Gasteiger charge is -2.23. The van der Waals surface area contributed by atoms with Gasteiger partial charge in [0.2, 0.25) is 5.91 Å². The molecule has 4 heteroatoms. The van der Waals surface area contributed by atoms with Crippen LogP contribution in [-0.2, 0) is 11.2 Å². The minimum atomic E-state index is -0.529. The summed E-state index contributed by atoms with van der Waals surface area (Å²) in [5.74, 6) is 0.604. The number of phenols is 1. The van der Waals surface area contributed by atoms with Crippen LogP contribution in [0.2, 0.25) is 0 Å². The lowest BCUT2D eigenvalue weighted by Crippen LogP contribution is -2.44. The fourth-order valence-corrected chi connectivity index (χ4v) is 1.89. The summed E-state index contributed by atoms with van der Waals surface area (Å²) in [5.41, 5.74) is 6.86. The Balaban J connectivity index is 2.56. The molecule has 1 unspecified atom stereocenters. The van der Waals surface area contributed by atoms with Crippen molar-refractivity contribution in [2.45, 2.75) is 26.3 Å². The number of hydrogen-bond donors (Lipinski definition) is 2. The Hall–Kier alpha value is -1.55. The van der Waals surface area contributed by atoms with E-state index in [-0.39, 0.29) is 11.7 Å². The van der Waals surface area contributed by atoms with Crippen LogP contribution < -0.4 is 5.73 Å². The van der Waals surface area contributed by atoms with Crippen molar-refractivity contribution in [3.63, 3.8) is 0 Å². The van der Waals surface area contributed by atoms with Gasteiger partial charge in [-0.25, -0.2) is 0 Å². The van der Waals surface area contributed by atoms with Gasteiger partial charge in [-0.05, 0) is 30.0 Å². The van der Waals surface area contributed by atoms with E-state index in [2.05, 4.69) is 13.8 Å². The SMILES string of the molecule is CC(C)CN(C)C(=O)C(N)Cc1ccc(O)cc1. The number of hydrogen-bond acceptors (Lipinski definition) is 3. The molecule has 0 spiro atoms. The number of benzene rings is 1. The molecule has 0 aliphatic carbocycles. The standard InChI is InChI=1S/C14H22N2O2/c1-10(2)9-16(3)14(18)13(15)8-11-4-6-12(17)7-5-11/h4-7,10,13,17H,8-9,15H2,1-3H3. The van der Waals surface area contributed by atoms with E-state index in [9.17, 15) is 9.90 Å². The first-order valence-electron chi connectivity index (χ1n) is 6.18. The number of nitrogens with zero attached hydrogens (tertiary/aromatic N) is 1. The lowest BCUT2D eigenvalue weighted by atomic mass is 10.1. The molecule has 3 N–H and O–H groups in total. The van der Waals surface area contributed by atoms with E-state index >= 15 is 0 Å². The Morgan fingerprint density at radius 3 is 2.39 bits per heavy atom. The number of nitrogens with two attached hydrogens (primary N) is 1. The smallest absolute Gasteiger partial charge is 0.239 e. The third kappa shape index (κ3) is 4.37. The van der Waals surface area contributed by atoms with Gasteiger partial charge in [-0.3, -0.25) is 4.79 Å². The normalized spacial score (nSPS) is 12.5. The maximum absolute atomic E-state index is 12.0. The van der Waals surface area contributed by atoms with E-state index in [4.69, 9.17) is 5.73 Å². The number of aromatic hydroxyl groups is 1. The van der Waals surface area contributed by atoms with Gasteiger partial charge in [0.1, 0.15) is 5.75 Å². The quantitative estimate of drug-likeness (QED) is 0.829. The van der Waals surface area contributed by atoms with Gasteiger partial charge in [0, 0.05) is 13.6 Å². The highest BCUT2D eigenvalue weighted by Gasteiger charge is 2.18. The largest absolute Gasteiger partial charge is 0.508 e. The molecule has 0 aliphatic rings. The summed E-state index contributed by atoms with van der Waals surface area (Å²) < 4.78 is 0. The van der Waals surface area contributed by atoms with Crippen LogP contribution in [0, 0.1) is 5.92 Å². The van der Waals surface area contributed by atoms with Crippen LogP contribution in [-0.4, -0.2) is 35.5 Å². The number of carbonyl (C=O) groups excluding carboxylic acids is 1. The van der Waals surface area contributed by atoms with Crippen molar-refractivity contribution in [3.8, 4) is 5.75 Å². The Labute approximate surface area is 108 Å². The van der Waals surface area contributed by atoms with E-state index in [0.29, 0.717) is 18.9 Å². The number of likely N-dealkylation sites (N-methyl/N-ethyl adjacent to an activating group) is 1. The zero-order valence-corrected chi connectivity index (χ0v) is 11.3. The maximum atomic E-state index is 12.0. The zero-order chi connectivity index (χ0) is 13.7. The first kappa shape index (κ1) is 14.5. The fraction of sp³-hybridized carbons (Fsp3) is 0.500. The summed E-state index contributed by atoms with van der Waals surface area (Å²) in [6.45, 7) is 4.84. The maximum Gasteiger partial charge on any atom is 0.239 e. The van der Waals surface area contributed by atoms with E-state index in [0.717, 1.165) is 5.56 Å². The van der Waals surface area contributed by atoms with Gasteiger partial charge >= 0.3 is 0 Å². The van der Waals surface area contributed by atoms with Gasteiger partial charge in [-0.15, -0.1) is 0 Å². The Bertz CT molecular complexity index is 387. The van der Waals surface area contributed by atoms with Crippen molar-refractivity contribution in [3.05, 3.63) is 29.8 Å². The monoisotopic (exact) mass is 250 g/mol. The Morgan fingerprint density at radius 1 is 1.33 bits per heavy atom. The molecule has 1 aromatic carbocycles. The highest BCUT2D eigenvalue weighted by Crippen LogP contribution is 2.11. The number of phenolic OH excluding ortho intramolecular Hbond substituents is 1. The number of amides is 1. The third-order valence-corrected chi connectivity index (χ3v) is 2.72. The summed E-state index contributed by atoms with van der Waals surface area (Å²) in [6, 6.07) is 6.24. The lowest BCUT2D eigenvalue weighted by molar-refractivity contribution is -0.131. The topological polar surface area (TPSA) is 66.6 Å². The van der Waals surface area contributed by atoms with Gasteiger partial charge in [-0.1, -0.05) is 26.0 Å². The molecule has 0 heterocycles. The molecular formula is C14H22N2O2. The summed E-state index contributed by atoms with van der Waals surface area (Å²) in [6.07, 6.45) is 0.488. The summed E-state index contributed by atoms with van der Waals surface area (Å²) in [4.78, 5) is 13.7. The van der Waals surface area contributed by atoms with Gasteiger partial charge < -0.3 is 15.7 Å². The first-order chi connectivity index (χ1) is 8.40. The molecule has 4 nitrogen and oxygen atoms in total. The van der Waals surface area contributed by atoms with Crippen LogP contribution in [0.25, 0.3) is 0 Å². The molecule has 0 radical (unpaired) electrons. The van der Waals surface area contributed by atoms with E-state index < -0.39 is 6.04 Å². The predicted octanol–water partition coefficient (Wildman–Crippen LogP) is 1.38. The molecule has 1 atom stereocenters. The van der Waals surface area contributed by atoms with Crippen LogP contribution in [0.15, 0.2) is 24.3 Å². The summed E-state index contributed by atoms with van der Waals surface area (Å²) in [7, 11) is 1.78. The average molecular weight is 250 g/mol. The van der Waals surface area contributed by atoms with Crippen LogP contribution in [0.4, 0.5) is 0 Å². The second-order valence-corrected chi connectivity index (χ2v) is 5.09. The molecule has 100 valence electrons. The van der Waals surface area contributed by atoms with E-state index in [1.165, 1.54) is 0 Å². The third-order valence-electron chi connectivity index (χ3n) is 2.72. The summed E-state index contributed by atoms with van der Waals surface area (Å²) >= 11 is 0. The van der Waals surface area contributed by atoms with Crippen molar-refractivity contribution in [1.82, 2.24) is 4.90 Å². The molecule has 0 saturated heterocycles. The number of carbonyl (C=O) groups is 1. The molecule has 0 fully saturated rings. The molecule has 1 aromatic rings. The minimum absolute atomic E-state index is 0.0447. The van der Waals surface area contributed by atoms with Gasteiger partial charge in [0.15, 0.2) is 0 Å². The van der Waals surface area contributed by atoms with Crippen molar-refractivity contribution in [2.75, 3.05) is 13.6 Å². The van der Waals surface area contributed by atoms with E-state index in [1.54, 1.807) is 36.2 Å². The second kappa shape index (κ2) is 6.40. The average Bonchev–Trinajstić information content (AvgIpc) is 2.30. The molecule has 0 aliphatic heterocycles. The predicted molar refractivity (Wildman–Crippen MR) is 72.3 cm³/mol. The van der Waals surface area contributed by atoms with Crippen LogP contribution in [0.1, 0.15) is 19.4 Å². The van der Waals surface area contributed by atoms with Crippen LogP contribution in [0.5, 0.6) is 5.75 Å². The molecular weight excluding hydrogens is 228 g/mol. The van der Waals surface area contributed by atoms with Gasteiger partial charge in [0.05, 0.1) is 6.04 Å². The van der Waals surface area contributed by atoms with Crippen molar-refractivity contribution >= 4 is 5.91 Å². The zero-order valence-electron chi connectivity index (χ0n) is 11.3. The molecule has 0 saturated carbocycles. The molecule has 1 rings (SSSR count). The Kier molecular flexibility index (Phi) is 5.16. The molecule has 18 heavy (non-hydrogen) atoms. The minimum Gasteiger partial charge on any atom is -0.508 e.